The summed E-state index contributed by atoms with van der Waals surface area (Å²) < 4.78 is 2.23. The minimum absolute atomic E-state index is 0.0471. The molecule has 1 aromatic heterocycles. The van der Waals surface area contributed by atoms with Crippen molar-refractivity contribution in [3.05, 3.63) is 29.6 Å². The molecule has 0 bridgehead atoms. The predicted octanol–water partition coefficient (Wildman–Crippen LogP) is 2.47. The zero-order valence-electron chi connectivity index (χ0n) is 10.7. The summed E-state index contributed by atoms with van der Waals surface area (Å²) in [5.41, 5.74) is 3.62. The first-order chi connectivity index (χ1) is 8.73. The fraction of sp³-hybridized carbons (Fsp3) is 0.533. The minimum atomic E-state index is 0.0471. The van der Waals surface area contributed by atoms with Crippen LogP contribution >= 0.6 is 0 Å². The second kappa shape index (κ2) is 3.35. The molecule has 1 heterocycles. The second-order valence-corrected chi connectivity index (χ2v) is 5.95. The van der Waals surface area contributed by atoms with Crippen molar-refractivity contribution < 1.29 is 5.11 Å². The normalized spacial score (nSPS) is 21.4. The van der Waals surface area contributed by atoms with E-state index in [1.165, 1.54) is 29.7 Å². The Kier molecular flexibility index (Phi) is 1.97. The number of hydrogen-bond donors (Lipinski definition) is 1. The maximum Gasteiger partial charge on any atom is 0.112 e. The molecule has 2 aliphatic rings. The summed E-state index contributed by atoms with van der Waals surface area (Å²) in [7, 11) is 2.11. The van der Waals surface area contributed by atoms with Gasteiger partial charge in [0.25, 0.3) is 0 Å². The average Bonchev–Trinajstić information content (AvgIpc) is 3.29. The van der Waals surface area contributed by atoms with Crippen molar-refractivity contribution in [1.29, 1.82) is 0 Å². The van der Waals surface area contributed by atoms with Crippen LogP contribution in [-0.2, 0) is 12.5 Å². The van der Waals surface area contributed by atoms with Gasteiger partial charge in [0.2, 0.25) is 0 Å². The number of hydrogen-bond acceptors (Lipinski definition) is 2. The van der Waals surface area contributed by atoms with Crippen molar-refractivity contribution in [3.63, 3.8) is 0 Å². The third-order valence-corrected chi connectivity index (χ3v) is 4.63. The van der Waals surface area contributed by atoms with E-state index in [0.29, 0.717) is 5.92 Å². The molecule has 4 rings (SSSR count). The fourth-order valence-electron chi connectivity index (χ4n) is 2.94. The van der Waals surface area contributed by atoms with E-state index in [4.69, 9.17) is 4.98 Å². The van der Waals surface area contributed by atoms with E-state index in [0.717, 1.165) is 18.4 Å². The Morgan fingerprint density at radius 1 is 1.39 bits per heavy atom. The summed E-state index contributed by atoms with van der Waals surface area (Å²) in [5.74, 6) is 1.91. The van der Waals surface area contributed by atoms with Crippen molar-refractivity contribution in [2.24, 2.45) is 7.05 Å². The van der Waals surface area contributed by atoms with Crippen molar-refractivity contribution in [1.82, 2.24) is 9.55 Å². The molecule has 0 unspecified atom stereocenters. The van der Waals surface area contributed by atoms with Gasteiger partial charge in [0.05, 0.1) is 17.6 Å². The van der Waals surface area contributed by atoms with Gasteiger partial charge in [-0.1, -0.05) is 6.07 Å². The number of aliphatic hydroxyl groups is 1. The van der Waals surface area contributed by atoms with Crippen LogP contribution in [0.25, 0.3) is 11.0 Å². The molecule has 0 saturated heterocycles. The second-order valence-electron chi connectivity index (χ2n) is 5.95. The third-order valence-electron chi connectivity index (χ3n) is 4.63. The van der Waals surface area contributed by atoms with Gasteiger partial charge in [-0.2, -0.15) is 0 Å². The van der Waals surface area contributed by atoms with Gasteiger partial charge < -0.3 is 9.67 Å². The summed E-state index contributed by atoms with van der Waals surface area (Å²) in [4.78, 5) is 4.79. The molecule has 1 N–H and O–H groups in total. The smallest absolute Gasteiger partial charge is 0.112 e. The van der Waals surface area contributed by atoms with Gasteiger partial charge in [-0.15, -0.1) is 0 Å². The molecule has 2 saturated carbocycles. The van der Waals surface area contributed by atoms with Gasteiger partial charge >= 0.3 is 0 Å². The number of fused-ring (bicyclic) bond motifs is 1. The van der Waals surface area contributed by atoms with Crippen LogP contribution in [0.15, 0.2) is 18.2 Å². The molecule has 18 heavy (non-hydrogen) atoms. The van der Waals surface area contributed by atoms with Crippen LogP contribution in [0.3, 0.4) is 0 Å². The fourth-order valence-corrected chi connectivity index (χ4v) is 2.94. The molecule has 0 amide bonds. The summed E-state index contributed by atoms with van der Waals surface area (Å²) >= 11 is 0. The molecule has 0 spiro atoms. The van der Waals surface area contributed by atoms with Crippen LogP contribution < -0.4 is 0 Å². The predicted molar refractivity (Wildman–Crippen MR) is 70.7 cm³/mol. The van der Waals surface area contributed by atoms with Gasteiger partial charge in [0.1, 0.15) is 5.82 Å². The van der Waals surface area contributed by atoms with Gasteiger partial charge in [-0.05, 0) is 43.4 Å². The molecular weight excluding hydrogens is 224 g/mol. The highest BCUT2D eigenvalue weighted by molar-refractivity contribution is 5.77. The molecule has 3 heteroatoms. The molecule has 94 valence electrons. The Hall–Kier alpha value is -1.35. The Morgan fingerprint density at radius 3 is 2.78 bits per heavy atom. The number of aryl methyl sites for hydroxylation is 1. The van der Waals surface area contributed by atoms with E-state index in [1.807, 2.05) is 0 Å². The van der Waals surface area contributed by atoms with Crippen molar-refractivity contribution in [2.45, 2.75) is 37.0 Å². The molecule has 1 aromatic carbocycles. The Balaban J connectivity index is 1.85. The first-order valence-electron chi connectivity index (χ1n) is 6.81. The Bertz CT molecular complexity index is 621. The van der Waals surface area contributed by atoms with E-state index in [9.17, 15) is 5.11 Å². The summed E-state index contributed by atoms with van der Waals surface area (Å²) in [6.07, 6.45) is 4.78. The van der Waals surface area contributed by atoms with Crippen LogP contribution in [0.5, 0.6) is 0 Å². The molecular formula is C15H18N2O. The highest BCUT2D eigenvalue weighted by atomic mass is 16.3. The largest absolute Gasteiger partial charge is 0.395 e. The van der Waals surface area contributed by atoms with E-state index in [-0.39, 0.29) is 12.0 Å². The molecule has 0 radical (unpaired) electrons. The third kappa shape index (κ3) is 1.37. The maximum absolute atomic E-state index is 9.51. The lowest BCUT2D eigenvalue weighted by molar-refractivity contribution is 0.255. The highest BCUT2D eigenvalue weighted by Gasteiger charge is 2.43. The van der Waals surface area contributed by atoms with Gasteiger partial charge in [0, 0.05) is 18.4 Å². The lowest BCUT2D eigenvalue weighted by Gasteiger charge is -2.11. The summed E-state index contributed by atoms with van der Waals surface area (Å²) in [6.45, 7) is 0.265. The number of aliphatic hydroxyl groups excluding tert-OH is 1. The summed E-state index contributed by atoms with van der Waals surface area (Å²) in [5, 5.41) is 9.51. The van der Waals surface area contributed by atoms with E-state index in [2.05, 4.69) is 29.8 Å². The average molecular weight is 242 g/mol. The number of imidazole rings is 1. The topological polar surface area (TPSA) is 38.0 Å². The van der Waals surface area contributed by atoms with Crippen molar-refractivity contribution >= 4 is 11.0 Å². The zero-order chi connectivity index (χ0) is 12.3. The standard InChI is InChI=1S/C15H18N2O/c1-17-13-5-4-11(15(9-18)6-7-15)8-12(13)16-14(17)10-2-3-10/h4-5,8,10,18H,2-3,6-7,9H2,1H3. The van der Waals surface area contributed by atoms with Gasteiger partial charge in [-0.3, -0.25) is 0 Å². The number of aromatic nitrogens is 2. The zero-order valence-corrected chi connectivity index (χ0v) is 10.7. The monoisotopic (exact) mass is 242 g/mol. The Morgan fingerprint density at radius 2 is 2.17 bits per heavy atom. The van der Waals surface area contributed by atoms with Crippen LogP contribution in [0.2, 0.25) is 0 Å². The van der Waals surface area contributed by atoms with Crippen LogP contribution in [0, 0.1) is 0 Å². The highest BCUT2D eigenvalue weighted by Crippen LogP contribution is 2.48. The first kappa shape index (κ1) is 10.6. The van der Waals surface area contributed by atoms with E-state index < -0.39 is 0 Å². The lowest BCUT2D eigenvalue weighted by Crippen LogP contribution is -2.11. The molecule has 2 aromatic rings. The summed E-state index contributed by atoms with van der Waals surface area (Å²) in [6, 6.07) is 6.52. The van der Waals surface area contributed by atoms with Crippen molar-refractivity contribution in [3.8, 4) is 0 Å². The number of nitrogens with zero attached hydrogens (tertiary/aromatic N) is 2. The Labute approximate surface area is 106 Å². The number of benzene rings is 1. The van der Waals surface area contributed by atoms with E-state index >= 15 is 0 Å². The quantitative estimate of drug-likeness (QED) is 0.898. The SMILES string of the molecule is Cn1c(C2CC2)nc2cc(C3(CO)CC3)ccc21. The molecule has 0 atom stereocenters. The minimum Gasteiger partial charge on any atom is -0.395 e. The maximum atomic E-state index is 9.51. The molecule has 3 nitrogen and oxygen atoms in total. The first-order valence-corrected chi connectivity index (χ1v) is 6.81. The lowest BCUT2D eigenvalue weighted by atomic mass is 9.97. The number of rotatable bonds is 3. The molecule has 0 aliphatic heterocycles. The van der Waals surface area contributed by atoms with E-state index in [1.54, 1.807) is 0 Å². The van der Waals surface area contributed by atoms with Crippen LogP contribution in [0.4, 0.5) is 0 Å². The van der Waals surface area contributed by atoms with Crippen molar-refractivity contribution in [2.75, 3.05) is 6.61 Å². The molecule has 2 fully saturated rings. The van der Waals surface area contributed by atoms with Gasteiger partial charge in [0.15, 0.2) is 0 Å². The molecule has 2 aliphatic carbocycles. The van der Waals surface area contributed by atoms with Crippen LogP contribution in [0.1, 0.15) is 43.0 Å². The van der Waals surface area contributed by atoms with Crippen LogP contribution in [-0.4, -0.2) is 21.3 Å². The van der Waals surface area contributed by atoms with Gasteiger partial charge in [-0.25, -0.2) is 4.98 Å².